The van der Waals surface area contributed by atoms with Gasteiger partial charge in [0, 0.05) is 18.3 Å². The maximum atomic E-state index is 11.1. The fourth-order valence-electron chi connectivity index (χ4n) is 1.56. The monoisotopic (exact) mass is 256 g/mol. The first-order valence-electron chi connectivity index (χ1n) is 5.92. The molecule has 0 fully saturated rings. The van der Waals surface area contributed by atoms with E-state index in [0.29, 0.717) is 0 Å². The molecular formula is C12H20N2O2S. The third kappa shape index (κ3) is 4.83. The van der Waals surface area contributed by atoms with Crippen molar-refractivity contribution >= 4 is 17.3 Å². The van der Waals surface area contributed by atoms with Gasteiger partial charge in [-0.1, -0.05) is 13.8 Å². The summed E-state index contributed by atoms with van der Waals surface area (Å²) in [6.07, 6.45) is 1.23. The molecule has 17 heavy (non-hydrogen) atoms. The third-order valence-electron chi connectivity index (χ3n) is 2.69. The van der Waals surface area contributed by atoms with Gasteiger partial charge in [0.25, 0.3) is 0 Å². The van der Waals surface area contributed by atoms with Gasteiger partial charge in [-0.25, -0.2) is 4.98 Å². The van der Waals surface area contributed by atoms with Gasteiger partial charge in [-0.2, -0.15) is 0 Å². The average Bonchev–Trinajstić information content (AvgIpc) is 2.78. The van der Waals surface area contributed by atoms with Crippen molar-refractivity contribution in [2.45, 2.75) is 26.7 Å². The molecule has 0 bridgehead atoms. The Labute approximate surface area is 107 Å². The van der Waals surface area contributed by atoms with Crippen molar-refractivity contribution in [3.63, 3.8) is 0 Å². The minimum absolute atomic E-state index is 0.231. The summed E-state index contributed by atoms with van der Waals surface area (Å²) in [7, 11) is 1.40. The molecule has 0 aliphatic rings. The zero-order valence-corrected chi connectivity index (χ0v) is 11.5. The molecule has 0 amide bonds. The molecule has 1 rings (SSSR count). The lowest BCUT2D eigenvalue weighted by atomic mass is 10.3. The van der Waals surface area contributed by atoms with E-state index in [-0.39, 0.29) is 12.4 Å². The molecule has 0 spiro atoms. The van der Waals surface area contributed by atoms with Crippen LogP contribution in [0.3, 0.4) is 0 Å². The van der Waals surface area contributed by atoms with Crippen LogP contribution in [0.1, 0.15) is 24.5 Å². The second-order valence-corrected chi connectivity index (χ2v) is 4.71. The number of methoxy groups -OCH3 is 1. The lowest BCUT2D eigenvalue weighted by Gasteiger charge is -2.16. The van der Waals surface area contributed by atoms with Gasteiger partial charge in [0.1, 0.15) is 0 Å². The molecule has 1 aromatic heterocycles. The quantitative estimate of drug-likeness (QED) is 0.697. The van der Waals surface area contributed by atoms with Crippen molar-refractivity contribution in [1.82, 2.24) is 9.88 Å². The van der Waals surface area contributed by atoms with Gasteiger partial charge in [-0.15, -0.1) is 11.3 Å². The topological polar surface area (TPSA) is 42.4 Å². The predicted octanol–water partition coefficient (Wildman–Crippen LogP) is 1.74. The fourth-order valence-corrected chi connectivity index (χ4v) is 2.35. The highest BCUT2D eigenvalue weighted by molar-refractivity contribution is 7.09. The fraction of sp³-hybridized carbons (Fsp3) is 0.667. The van der Waals surface area contributed by atoms with E-state index in [1.54, 1.807) is 11.3 Å². The van der Waals surface area contributed by atoms with Crippen molar-refractivity contribution in [1.29, 1.82) is 0 Å². The largest absolute Gasteiger partial charge is 0.469 e. The van der Waals surface area contributed by atoms with Gasteiger partial charge in [0.2, 0.25) is 0 Å². The van der Waals surface area contributed by atoms with Crippen LogP contribution in [0, 0.1) is 0 Å². The summed E-state index contributed by atoms with van der Waals surface area (Å²) >= 11 is 1.62. The number of ether oxygens (including phenoxy) is 1. The van der Waals surface area contributed by atoms with Crippen LogP contribution in [0.2, 0.25) is 0 Å². The van der Waals surface area contributed by atoms with Gasteiger partial charge in [0.05, 0.1) is 24.2 Å². The van der Waals surface area contributed by atoms with Crippen LogP contribution in [0.5, 0.6) is 0 Å². The molecule has 0 radical (unpaired) electrons. The second-order valence-electron chi connectivity index (χ2n) is 3.76. The van der Waals surface area contributed by atoms with E-state index in [9.17, 15) is 4.79 Å². The smallest absolute Gasteiger partial charge is 0.311 e. The molecule has 0 saturated heterocycles. The first-order valence-corrected chi connectivity index (χ1v) is 6.80. The van der Waals surface area contributed by atoms with E-state index in [0.717, 1.165) is 36.8 Å². The minimum Gasteiger partial charge on any atom is -0.469 e. The predicted molar refractivity (Wildman–Crippen MR) is 69.3 cm³/mol. The zero-order chi connectivity index (χ0) is 12.7. The molecule has 0 aliphatic carbocycles. The van der Waals surface area contributed by atoms with Crippen LogP contribution < -0.4 is 0 Å². The van der Waals surface area contributed by atoms with Crippen LogP contribution in [-0.2, 0) is 22.4 Å². The standard InChI is InChI=1S/C12H20N2O2S/c1-4-14(5-2)7-6-11-13-10(9-17-11)8-12(15)16-3/h9H,4-8H2,1-3H3. The summed E-state index contributed by atoms with van der Waals surface area (Å²) in [5.41, 5.74) is 0.816. The molecule has 0 saturated carbocycles. The minimum atomic E-state index is -0.231. The molecule has 0 aliphatic heterocycles. The van der Waals surface area contributed by atoms with E-state index in [4.69, 9.17) is 0 Å². The van der Waals surface area contributed by atoms with Crippen molar-refractivity contribution in [2.75, 3.05) is 26.7 Å². The highest BCUT2D eigenvalue weighted by Crippen LogP contribution is 2.11. The summed E-state index contributed by atoms with van der Waals surface area (Å²) in [5.74, 6) is -0.231. The number of carbonyl (C=O) groups excluding carboxylic acids is 1. The first-order chi connectivity index (χ1) is 8.19. The molecule has 4 nitrogen and oxygen atoms in total. The summed E-state index contributed by atoms with van der Waals surface area (Å²) in [6.45, 7) is 7.48. The maximum Gasteiger partial charge on any atom is 0.311 e. The number of thiazole rings is 1. The highest BCUT2D eigenvalue weighted by Gasteiger charge is 2.08. The molecule has 1 heterocycles. The van der Waals surface area contributed by atoms with Crippen molar-refractivity contribution in [2.24, 2.45) is 0 Å². The lowest BCUT2D eigenvalue weighted by Crippen LogP contribution is -2.25. The average molecular weight is 256 g/mol. The van der Waals surface area contributed by atoms with E-state index < -0.39 is 0 Å². The van der Waals surface area contributed by atoms with Crippen LogP contribution in [0.25, 0.3) is 0 Å². The summed E-state index contributed by atoms with van der Waals surface area (Å²) < 4.78 is 4.61. The maximum absolute atomic E-state index is 11.1. The number of hydrogen-bond acceptors (Lipinski definition) is 5. The molecule has 0 N–H and O–H groups in total. The Morgan fingerprint density at radius 1 is 1.47 bits per heavy atom. The van der Waals surface area contributed by atoms with Gasteiger partial charge in [0.15, 0.2) is 0 Å². The van der Waals surface area contributed by atoms with E-state index in [2.05, 4.69) is 28.5 Å². The van der Waals surface area contributed by atoms with Gasteiger partial charge in [-0.3, -0.25) is 4.79 Å². The summed E-state index contributed by atoms with van der Waals surface area (Å²) in [5, 5.41) is 3.03. The normalized spacial score (nSPS) is 10.8. The number of carbonyl (C=O) groups is 1. The van der Waals surface area contributed by atoms with Gasteiger partial charge in [-0.05, 0) is 13.1 Å². The Hall–Kier alpha value is -0.940. The number of hydrogen-bond donors (Lipinski definition) is 0. The Kier molecular flexibility index (Phi) is 6.15. The molecule has 1 aromatic rings. The van der Waals surface area contributed by atoms with Gasteiger partial charge >= 0.3 is 5.97 Å². The Bertz CT molecular complexity index is 348. The van der Waals surface area contributed by atoms with E-state index >= 15 is 0 Å². The highest BCUT2D eigenvalue weighted by atomic mass is 32.1. The number of aromatic nitrogens is 1. The number of nitrogens with zero attached hydrogens (tertiary/aromatic N) is 2. The molecule has 5 heteroatoms. The van der Waals surface area contributed by atoms with E-state index in [1.165, 1.54) is 7.11 Å². The molecule has 0 unspecified atom stereocenters. The van der Waals surface area contributed by atoms with Crippen LogP contribution >= 0.6 is 11.3 Å². The molecule has 96 valence electrons. The van der Waals surface area contributed by atoms with Crippen molar-refractivity contribution in [3.05, 3.63) is 16.1 Å². The third-order valence-corrected chi connectivity index (χ3v) is 3.65. The van der Waals surface area contributed by atoms with Crippen LogP contribution in [-0.4, -0.2) is 42.6 Å². The van der Waals surface area contributed by atoms with Gasteiger partial charge < -0.3 is 9.64 Å². The second kappa shape index (κ2) is 7.40. The van der Waals surface area contributed by atoms with Crippen molar-refractivity contribution in [3.8, 4) is 0 Å². The Balaban J connectivity index is 2.42. The van der Waals surface area contributed by atoms with Crippen molar-refractivity contribution < 1.29 is 9.53 Å². The summed E-state index contributed by atoms with van der Waals surface area (Å²) in [6, 6.07) is 0. The first kappa shape index (κ1) is 14.1. The zero-order valence-electron chi connectivity index (χ0n) is 10.7. The van der Waals surface area contributed by atoms with Crippen LogP contribution in [0.4, 0.5) is 0 Å². The molecule has 0 aromatic carbocycles. The number of rotatable bonds is 7. The summed E-state index contributed by atoms with van der Waals surface area (Å²) in [4.78, 5) is 17.9. The van der Waals surface area contributed by atoms with E-state index in [1.807, 2.05) is 5.38 Å². The molecule has 0 atom stereocenters. The lowest BCUT2D eigenvalue weighted by molar-refractivity contribution is -0.139. The van der Waals surface area contributed by atoms with Crippen LogP contribution in [0.15, 0.2) is 5.38 Å². The number of likely N-dealkylation sites (N-methyl/N-ethyl adjacent to an activating group) is 1. The Morgan fingerprint density at radius 3 is 2.76 bits per heavy atom. The Morgan fingerprint density at radius 2 is 2.18 bits per heavy atom. The molecular weight excluding hydrogens is 236 g/mol. The number of esters is 1. The SMILES string of the molecule is CCN(CC)CCc1nc(CC(=O)OC)cs1.